The normalized spacial score (nSPS) is 12.4. The van der Waals surface area contributed by atoms with Gasteiger partial charge in [-0.25, -0.2) is 4.98 Å². The van der Waals surface area contributed by atoms with E-state index in [0.29, 0.717) is 22.6 Å². The molecule has 1 N–H and O–H groups in total. The van der Waals surface area contributed by atoms with Crippen LogP contribution in [0.1, 0.15) is 47.0 Å². The van der Waals surface area contributed by atoms with Crippen molar-refractivity contribution < 1.29 is 4.79 Å². The minimum Gasteiger partial charge on any atom is -0.353 e. The zero-order valence-corrected chi connectivity index (χ0v) is 18.9. The summed E-state index contributed by atoms with van der Waals surface area (Å²) in [6, 6.07) is 7.58. The van der Waals surface area contributed by atoms with Crippen molar-refractivity contribution in [3.8, 4) is 0 Å². The van der Waals surface area contributed by atoms with Crippen molar-refractivity contribution in [3.63, 3.8) is 0 Å². The van der Waals surface area contributed by atoms with Gasteiger partial charge in [-0.05, 0) is 51.5 Å². The zero-order chi connectivity index (χ0) is 21.2. The molecular weight excluding hydrogens is 384 g/mol. The molecule has 0 radical (unpaired) electrons. The van der Waals surface area contributed by atoms with Gasteiger partial charge in [-0.3, -0.25) is 14.2 Å². The molecule has 160 valence electrons. The van der Waals surface area contributed by atoms with Gasteiger partial charge in [0.05, 0.1) is 16.7 Å². The Hall–Kier alpha value is -1.86. The van der Waals surface area contributed by atoms with Gasteiger partial charge >= 0.3 is 0 Å². The summed E-state index contributed by atoms with van der Waals surface area (Å²) >= 11 is 1.34. The molecule has 0 spiro atoms. The predicted octanol–water partition coefficient (Wildman–Crippen LogP) is 3.53. The summed E-state index contributed by atoms with van der Waals surface area (Å²) in [6.07, 6.45) is 2.86. The fraction of sp³-hybridized carbons (Fsp3) is 0.591. The molecule has 0 aliphatic rings. The summed E-state index contributed by atoms with van der Waals surface area (Å²) in [5.41, 5.74) is 0.650. The number of carbonyl (C=O) groups is 1. The molecule has 2 aromatic rings. The van der Waals surface area contributed by atoms with Crippen molar-refractivity contribution in [1.82, 2.24) is 19.8 Å². The number of nitrogens with one attached hydrogen (secondary N) is 1. The van der Waals surface area contributed by atoms with Crippen LogP contribution >= 0.6 is 11.8 Å². The summed E-state index contributed by atoms with van der Waals surface area (Å²) in [4.78, 5) is 32.4. The van der Waals surface area contributed by atoms with Gasteiger partial charge in [-0.15, -0.1) is 0 Å². The van der Waals surface area contributed by atoms with Gasteiger partial charge in [0.15, 0.2) is 5.16 Å². The van der Waals surface area contributed by atoms with E-state index in [1.165, 1.54) is 11.8 Å². The number of carbonyl (C=O) groups excluding carboxylic acids is 1. The van der Waals surface area contributed by atoms with Crippen LogP contribution < -0.4 is 10.9 Å². The Morgan fingerprint density at radius 1 is 1.24 bits per heavy atom. The molecule has 1 aromatic heterocycles. The van der Waals surface area contributed by atoms with Crippen LogP contribution in [0.15, 0.2) is 34.2 Å². The molecule has 0 aliphatic heterocycles. The standard InChI is InChI=1S/C22H34N4O2S/c1-5-11-17(4)23-20(27)16-29-22-24-19-13-9-8-12-18(19)21(28)26(22)15-10-14-25(6-2)7-3/h8-9,12-13,17H,5-7,10-11,14-16H2,1-4H3,(H,23,27)/t17-/m0/s1. The second-order valence-electron chi connectivity index (χ2n) is 7.29. The Bertz CT molecular complexity index is 848. The lowest BCUT2D eigenvalue weighted by atomic mass is 10.2. The number of aromatic nitrogens is 2. The molecule has 7 heteroatoms. The molecule has 1 atom stereocenters. The van der Waals surface area contributed by atoms with Crippen molar-refractivity contribution in [3.05, 3.63) is 34.6 Å². The Morgan fingerprint density at radius 3 is 2.66 bits per heavy atom. The van der Waals surface area contributed by atoms with Crippen LogP contribution in [-0.4, -0.2) is 51.8 Å². The molecule has 0 unspecified atom stereocenters. The zero-order valence-electron chi connectivity index (χ0n) is 18.1. The van der Waals surface area contributed by atoms with E-state index in [2.05, 4.69) is 31.0 Å². The minimum atomic E-state index is -0.0302. The van der Waals surface area contributed by atoms with E-state index in [9.17, 15) is 9.59 Å². The average molecular weight is 419 g/mol. The van der Waals surface area contributed by atoms with Crippen LogP contribution in [-0.2, 0) is 11.3 Å². The van der Waals surface area contributed by atoms with Crippen LogP contribution in [0.2, 0.25) is 0 Å². The van der Waals surface area contributed by atoms with E-state index in [1.54, 1.807) is 4.57 Å². The maximum absolute atomic E-state index is 13.1. The number of fused-ring (bicyclic) bond motifs is 1. The maximum Gasteiger partial charge on any atom is 0.262 e. The van der Waals surface area contributed by atoms with Crippen molar-refractivity contribution in [2.75, 3.05) is 25.4 Å². The van der Waals surface area contributed by atoms with Crippen LogP contribution in [0, 0.1) is 0 Å². The summed E-state index contributed by atoms with van der Waals surface area (Å²) < 4.78 is 1.74. The molecular formula is C22H34N4O2S. The lowest BCUT2D eigenvalue weighted by Gasteiger charge is -2.19. The first-order valence-electron chi connectivity index (χ1n) is 10.6. The van der Waals surface area contributed by atoms with E-state index in [4.69, 9.17) is 4.98 Å². The largest absolute Gasteiger partial charge is 0.353 e. The third-order valence-corrected chi connectivity index (χ3v) is 6.01. The highest BCUT2D eigenvalue weighted by molar-refractivity contribution is 7.99. The second kappa shape index (κ2) is 12.0. The number of benzene rings is 1. The molecule has 1 aromatic carbocycles. The van der Waals surface area contributed by atoms with Crippen LogP contribution in [0.25, 0.3) is 10.9 Å². The minimum absolute atomic E-state index is 0.0203. The smallest absolute Gasteiger partial charge is 0.262 e. The third kappa shape index (κ3) is 6.85. The molecule has 29 heavy (non-hydrogen) atoms. The highest BCUT2D eigenvalue weighted by Crippen LogP contribution is 2.18. The highest BCUT2D eigenvalue weighted by Gasteiger charge is 2.14. The van der Waals surface area contributed by atoms with Gasteiger partial charge in [0.25, 0.3) is 5.56 Å². The van der Waals surface area contributed by atoms with Gasteiger partial charge < -0.3 is 10.2 Å². The second-order valence-corrected chi connectivity index (χ2v) is 8.24. The van der Waals surface area contributed by atoms with Gasteiger partial charge in [-0.1, -0.05) is 51.1 Å². The molecule has 2 rings (SSSR count). The average Bonchev–Trinajstić information content (AvgIpc) is 2.71. The number of para-hydroxylation sites is 1. The fourth-order valence-electron chi connectivity index (χ4n) is 3.40. The highest BCUT2D eigenvalue weighted by atomic mass is 32.2. The molecule has 0 bridgehead atoms. The van der Waals surface area contributed by atoms with Crippen LogP contribution in [0.4, 0.5) is 0 Å². The SMILES string of the molecule is CCC[C@H](C)NC(=O)CSc1nc2ccccc2c(=O)n1CCCN(CC)CC. The number of rotatable bonds is 12. The molecule has 0 fully saturated rings. The lowest BCUT2D eigenvalue weighted by molar-refractivity contribution is -0.119. The number of thioether (sulfide) groups is 1. The van der Waals surface area contributed by atoms with Crippen LogP contribution in [0.5, 0.6) is 0 Å². The summed E-state index contributed by atoms with van der Waals surface area (Å²) in [7, 11) is 0. The predicted molar refractivity (Wildman–Crippen MR) is 122 cm³/mol. The molecule has 0 saturated heterocycles. The summed E-state index contributed by atoms with van der Waals surface area (Å²) in [5.74, 6) is 0.238. The first kappa shape index (κ1) is 23.4. The van der Waals surface area contributed by atoms with Gasteiger partial charge in [0.1, 0.15) is 0 Å². The van der Waals surface area contributed by atoms with Crippen molar-refractivity contribution in [1.29, 1.82) is 0 Å². The van der Waals surface area contributed by atoms with E-state index in [1.807, 2.05) is 31.2 Å². The van der Waals surface area contributed by atoms with E-state index in [0.717, 1.165) is 38.9 Å². The summed E-state index contributed by atoms with van der Waals surface area (Å²) in [6.45, 7) is 11.9. The van der Waals surface area contributed by atoms with E-state index in [-0.39, 0.29) is 23.3 Å². The first-order valence-corrected chi connectivity index (χ1v) is 11.6. The van der Waals surface area contributed by atoms with Gasteiger partial charge in [-0.2, -0.15) is 0 Å². The Morgan fingerprint density at radius 2 is 1.97 bits per heavy atom. The van der Waals surface area contributed by atoms with Gasteiger partial charge in [0.2, 0.25) is 5.91 Å². The Balaban J connectivity index is 2.18. The van der Waals surface area contributed by atoms with Crippen molar-refractivity contribution in [2.24, 2.45) is 0 Å². The molecule has 0 saturated carbocycles. The third-order valence-electron chi connectivity index (χ3n) is 5.04. The Kier molecular flexibility index (Phi) is 9.67. The Labute approximate surface area is 178 Å². The number of nitrogens with zero attached hydrogens (tertiary/aromatic N) is 3. The fourth-order valence-corrected chi connectivity index (χ4v) is 4.24. The van der Waals surface area contributed by atoms with E-state index < -0.39 is 0 Å². The molecule has 1 heterocycles. The molecule has 6 nitrogen and oxygen atoms in total. The number of amides is 1. The molecule has 1 amide bonds. The first-order chi connectivity index (χ1) is 14.0. The quantitative estimate of drug-likeness (QED) is 0.422. The van der Waals surface area contributed by atoms with Gasteiger partial charge in [0, 0.05) is 12.6 Å². The molecule has 0 aliphatic carbocycles. The van der Waals surface area contributed by atoms with E-state index >= 15 is 0 Å². The van der Waals surface area contributed by atoms with Crippen molar-refractivity contribution >= 4 is 28.6 Å². The lowest BCUT2D eigenvalue weighted by Crippen LogP contribution is -2.34. The maximum atomic E-state index is 13.1. The summed E-state index contributed by atoms with van der Waals surface area (Å²) in [5, 5.41) is 4.26. The monoisotopic (exact) mass is 418 g/mol. The topological polar surface area (TPSA) is 67.2 Å². The van der Waals surface area contributed by atoms with Crippen LogP contribution in [0.3, 0.4) is 0 Å². The number of hydrogen-bond donors (Lipinski definition) is 1. The van der Waals surface area contributed by atoms with Crippen molar-refractivity contribution in [2.45, 2.75) is 64.7 Å². The number of hydrogen-bond acceptors (Lipinski definition) is 5.